The summed E-state index contributed by atoms with van der Waals surface area (Å²) in [6.07, 6.45) is 6.82. The molecule has 0 aromatic rings. The second kappa shape index (κ2) is 5.12. The Morgan fingerprint density at radius 2 is 1.94 bits per heavy atom. The molecule has 4 heteroatoms. The van der Waals surface area contributed by atoms with Gasteiger partial charge in [0.15, 0.2) is 0 Å². The number of piperazine rings is 1. The molecular formula is C14H22N2O2. The second-order valence-corrected chi connectivity index (χ2v) is 5.66. The highest BCUT2D eigenvalue weighted by molar-refractivity contribution is 5.98. The van der Waals surface area contributed by atoms with E-state index in [1.807, 2.05) is 19.9 Å². The van der Waals surface area contributed by atoms with Crippen LogP contribution in [0.2, 0.25) is 0 Å². The molecule has 2 rings (SSSR count). The molecule has 1 aliphatic heterocycles. The predicted octanol–water partition coefficient (Wildman–Crippen LogP) is 1.61. The molecule has 0 unspecified atom stereocenters. The van der Waals surface area contributed by atoms with E-state index in [-0.39, 0.29) is 18.4 Å². The van der Waals surface area contributed by atoms with Crippen molar-refractivity contribution in [3.63, 3.8) is 0 Å². The summed E-state index contributed by atoms with van der Waals surface area (Å²) in [6.45, 7) is 4.76. The first-order valence-electron chi connectivity index (χ1n) is 6.77. The summed E-state index contributed by atoms with van der Waals surface area (Å²) in [4.78, 5) is 26.0. The van der Waals surface area contributed by atoms with Gasteiger partial charge in [0.05, 0.1) is 6.54 Å². The van der Waals surface area contributed by atoms with Gasteiger partial charge in [0, 0.05) is 6.54 Å². The Morgan fingerprint density at radius 3 is 2.56 bits per heavy atom. The van der Waals surface area contributed by atoms with E-state index in [0.717, 1.165) is 25.7 Å². The third-order valence-electron chi connectivity index (χ3n) is 3.84. The predicted molar refractivity (Wildman–Crippen MR) is 70.0 cm³/mol. The maximum Gasteiger partial charge on any atom is 0.249 e. The molecule has 0 atom stereocenters. The minimum Gasteiger partial charge on any atom is -0.340 e. The van der Waals surface area contributed by atoms with Gasteiger partial charge >= 0.3 is 0 Å². The number of hydrogen-bond donors (Lipinski definition) is 1. The lowest BCUT2D eigenvalue weighted by molar-refractivity contribution is -0.150. The molecule has 0 aromatic heterocycles. The van der Waals surface area contributed by atoms with Gasteiger partial charge in [-0.1, -0.05) is 30.9 Å². The molecule has 1 heterocycles. The molecule has 4 nitrogen and oxygen atoms in total. The third-order valence-corrected chi connectivity index (χ3v) is 3.84. The Labute approximate surface area is 108 Å². The Morgan fingerprint density at radius 1 is 1.28 bits per heavy atom. The maximum absolute atomic E-state index is 12.5. The minimum absolute atomic E-state index is 0.0151. The SMILES string of the molecule is CC(C)=CCN1CC(=O)NC2(CCCCC2)C1=O. The van der Waals surface area contributed by atoms with Crippen molar-refractivity contribution in [3.8, 4) is 0 Å². The summed E-state index contributed by atoms with van der Waals surface area (Å²) in [6, 6.07) is 0. The first-order chi connectivity index (χ1) is 8.53. The first-order valence-corrected chi connectivity index (χ1v) is 6.77. The standard InChI is InChI=1S/C14H22N2O2/c1-11(2)6-9-16-10-12(17)15-14(13(16)18)7-4-3-5-8-14/h6H,3-5,7-10H2,1-2H3,(H,15,17). The molecule has 2 aliphatic rings. The number of rotatable bonds is 2. The molecule has 1 spiro atoms. The molecule has 1 saturated heterocycles. The summed E-state index contributed by atoms with van der Waals surface area (Å²) < 4.78 is 0. The van der Waals surface area contributed by atoms with Crippen LogP contribution in [0.1, 0.15) is 46.0 Å². The minimum atomic E-state index is -0.594. The smallest absolute Gasteiger partial charge is 0.249 e. The Hall–Kier alpha value is -1.32. The number of allylic oxidation sites excluding steroid dienone is 1. The van der Waals surface area contributed by atoms with E-state index in [2.05, 4.69) is 5.32 Å². The van der Waals surface area contributed by atoms with Gasteiger partial charge in [-0.2, -0.15) is 0 Å². The average Bonchev–Trinajstić information content (AvgIpc) is 2.33. The lowest BCUT2D eigenvalue weighted by atomic mass is 9.79. The highest BCUT2D eigenvalue weighted by Crippen LogP contribution is 2.31. The number of carbonyl (C=O) groups excluding carboxylic acids is 2. The molecule has 0 aromatic carbocycles. The fourth-order valence-electron chi connectivity index (χ4n) is 2.84. The Bertz CT molecular complexity index is 377. The van der Waals surface area contributed by atoms with E-state index in [1.54, 1.807) is 4.90 Å². The van der Waals surface area contributed by atoms with E-state index < -0.39 is 5.54 Å². The number of nitrogens with zero attached hydrogens (tertiary/aromatic N) is 1. The van der Waals surface area contributed by atoms with Gasteiger partial charge in [0.25, 0.3) is 0 Å². The van der Waals surface area contributed by atoms with Gasteiger partial charge in [-0.15, -0.1) is 0 Å². The van der Waals surface area contributed by atoms with Crippen LogP contribution in [0.3, 0.4) is 0 Å². The van der Waals surface area contributed by atoms with Crippen LogP contribution in [0, 0.1) is 0 Å². The molecule has 2 fully saturated rings. The van der Waals surface area contributed by atoms with Gasteiger partial charge < -0.3 is 10.2 Å². The van der Waals surface area contributed by atoms with Crippen molar-refractivity contribution in [3.05, 3.63) is 11.6 Å². The van der Waals surface area contributed by atoms with Crippen LogP contribution in [-0.4, -0.2) is 35.3 Å². The molecule has 1 saturated carbocycles. The van der Waals surface area contributed by atoms with E-state index in [1.165, 1.54) is 12.0 Å². The molecule has 0 radical (unpaired) electrons. The second-order valence-electron chi connectivity index (χ2n) is 5.66. The van der Waals surface area contributed by atoms with Crippen molar-refractivity contribution >= 4 is 11.8 Å². The summed E-state index contributed by atoms with van der Waals surface area (Å²) in [5.74, 6) is 0.0953. The van der Waals surface area contributed by atoms with Crippen molar-refractivity contribution in [2.75, 3.05) is 13.1 Å². The fourth-order valence-corrected chi connectivity index (χ4v) is 2.84. The normalized spacial score (nSPS) is 22.9. The number of nitrogens with one attached hydrogen (secondary N) is 1. The van der Waals surface area contributed by atoms with Gasteiger partial charge in [-0.05, 0) is 26.7 Å². The molecular weight excluding hydrogens is 228 g/mol. The van der Waals surface area contributed by atoms with Crippen molar-refractivity contribution < 1.29 is 9.59 Å². The largest absolute Gasteiger partial charge is 0.340 e. The molecule has 18 heavy (non-hydrogen) atoms. The van der Waals surface area contributed by atoms with Crippen LogP contribution in [0.4, 0.5) is 0 Å². The van der Waals surface area contributed by atoms with Crippen molar-refractivity contribution in [2.24, 2.45) is 0 Å². The average molecular weight is 250 g/mol. The molecule has 1 N–H and O–H groups in total. The zero-order valence-electron chi connectivity index (χ0n) is 11.3. The highest BCUT2D eigenvalue weighted by Gasteiger charge is 2.46. The summed E-state index contributed by atoms with van der Waals surface area (Å²) >= 11 is 0. The van der Waals surface area contributed by atoms with Crippen LogP contribution in [0.15, 0.2) is 11.6 Å². The van der Waals surface area contributed by atoms with Crippen LogP contribution >= 0.6 is 0 Å². The number of carbonyl (C=O) groups is 2. The van der Waals surface area contributed by atoms with E-state index >= 15 is 0 Å². The quantitative estimate of drug-likeness (QED) is 0.757. The van der Waals surface area contributed by atoms with E-state index in [4.69, 9.17) is 0 Å². The molecule has 1 aliphatic carbocycles. The third kappa shape index (κ3) is 2.57. The lowest BCUT2D eigenvalue weighted by Crippen LogP contribution is -2.67. The molecule has 2 amide bonds. The Kier molecular flexibility index (Phi) is 3.73. The van der Waals surface area contributed by atoms with Crippen molar-refractivity contribution in [1.29, 1.82) is 0 Å². The monoisotopic (exact) mass is 250 g/mol. The van der Waals surface area contributed by atoms with Gasteiger partial charge in [0.1, 0.15) is 5.54 Å². The number of amides is 2. The number of hydrogen-bond acceptors (Lipinski definition) is 2. The molecule has 100 valence electrons. The highest BCUT2D eigenvalue weighted by atomic mass is 16.2. The zero-order chi connectivity index (χ0) is 13.2. The molecule has 0 bridgehead atoms. The zero-order valence-corrected chi connectivity index (χ0v) is 11.3. The maximum atomic E-state index is 12.5. The van der Waals surface area contributed by atoms with E-state index in [9.17, 15) is 9.59 Å². The van der Waals surface area contributed by atoms with Crippen LogP contribution < -0.4 is 5.32 Å². The van der Waals surface area contributed by atoms with E-state index in [0.29, 0.717) is 6.54 Å². The first kappa shape index (κ1) is 13.1. The van der Waals surface area contributed by atoms with Crippen molar-refractivity contribution in [2.45, 2.75) is 51.5 Å². The van der Waals surface area contributed by atoms with Gasteiger partial charge in [-0.25, -0.2) is 0 Å². The Balaban J connectivity index is 2.15. The van der Waals surface area contributed by atoms with Gasteiger partial charge in [0.2, 0.25) is 11.8 Å². The summed E-state index contributed by atoms with van der Waals surface area (Å²) in [5, 5.41) is 2.95. The topological polar surface area (TPSA) is 49.4 Å². The van der Waals surface area contributed by atoms with Crippen molar-refractivity contribution in [1.82, 2.24) is 10.2 Å². The lowest BCUT2D eigenvalue weighted by Gasteiger charge is -2.43. The summed E-state index contributed by atoms with van der Waals surface area (Å²) in [5.41, 5.74) is 0.578. The van der Waals surface area contributed by atoms with Crippen LogP contribution in [0.25, 0.3) is 0 Å². The summed E-state index contributed by atoms with van der Waals surface area (Å²) in [7, 11) is 0. The fraction of sp³-hybridized carbons (Fsp3) is 0.714. The van der Waals surface area contributed by atoms with Crippen LogP contribution in [0.5, 0.6) is 0 Å². The van der Waals surface area contributed by atoms with Gasteiger partial charge in [-0.3, -0.25) is 9.59 Å². The van der Waals surface area contributed by atoms with Crippen LogP contribution in [-0.2, 0) is 9.59 Å².